The summed E-state index contributed by atoms with van der Waals surface area (Å²) in [6.45, 7) is 4.28. The van der Waals surface area contributed by atoms with Gasteiger partial charge in [0.25, 0.3) is 0 Å². The third kappa shape index (κ3) is 45.2. The lowest BCUT2D eigenvalue weighted by molar-refractivity contribution is -0.131. The van der Waals surface area contributed by atoms with Crippen LogP contribution in [-0.2, 0) is 4.79 Å². The van der Waals surface area contributed by atoms with Crippen LogP contribution in [0.4, 0.5) is 0 Å². The predicted octanol–water partition coefficient (Wildman–Crippen LogP) is 16.6. The van der Waals surface area contributed by atoms with Crippen molar-refractivity contribution in [1.82, 2.24) is 5.32 Å². The topological polar surface area (TPSA) is 89.8 Å². The summed E-state index contributed by atoms with van der Waals surface area (Å²) < 4.78 is 0. The van der Waals surface area contributed by atoms with E-state index in [1.165, 1.54) is 257 Å². The minimum absolute atomic E-state index is 0.307. The Labute approximate surface area is 370 Å². The monoisotopic (exact) mass is 836 g/mol. The van der Waals surface area contributed by atoms with Gasteiger partial charge < -0.3 is 20.6 Å². The number of nitrogens with one attached hydrogen (secondary N) is 1. The van der Waals surface area contributed by atoms with Gasteiger partial charge in [-0.05, 0) is 12.8 Å². The van der Waals surface area contributed by atoms with Crippen molar-refractivity contribution in [2.45, 2.75) is 334 Å². The van der Waals surface area contributed by atoms with E-state index in [0.717, 1.165) is 32.1 Å². The first-order valence-corrected chi connectivity index (χ1v) is 27.3. The Bertz CT molecular complexity index is 792. The van der Waals surface area contributed by atoms with Gasteiger partial charge in [-0.3, -0.25) is 4.79 Å². The third-order valence-corrected chi connectivity index (χ3v) is 13.2. The maximum atomic E-state index is 12.6. The van der Waals surface area contributed by atoms with Crippen molar-refractivity contribution < 1.29 is 20.1 Å². The zero-order chi connectivity index (χ0) is 43.0. The van der Waals surface area contributed by atoms with Crippen molar-refractivity contribution in [3.05, 3.63) is 0 Å². The molecule has 354 valence electrons. The lowest BCUT2D eigenvalue weighted by atomic mass is 10.0. The highest BCUT2D eigenvalue weighted by Crippen LogP contribution is 2.18. The van der Waals surface area contributed by atoms with E-state index in [9.17, 15) is 20.1 Å². The fourth-order valence-electron chi connectivity index (χ4n) is 8.96. The molecule has 0 rings (SSSR count). The Balaban J connectivity index is 3.50. The molecule has 0 aromatic carbocycles. The molecule has 59 heavy (non-hydrogen) atoms. The number of aliphatic hydroxyl groups excluding tert-OH is 3. The van der Waals surface area contributed by atoms with Crippen LogP contribution in [0.1, 0.15) is 316 Å². The van der Waals surface area contributed by atoms with Crippen LogP contribution in [0.2, 0.25) is 0 Å². The van der Waals surface area contributed by atoms with Crippen molar-refractivity contribution in [1.29, 1.82) is 0 Å². The molecule has 0 bridgehead atoms. The van der Waals surface area contributed by atoms with E-state index in [-0.39, 0.29) is 6.61 Å². The van der Waals surface area contributed by atoms with Crippen LogP contribution in [0.25, 0.3) is 0 Å². The van der Waals surface area contributed by atoms with E-state index >= 15 is 0 Å². The van der Waals surface area contributed by atoms with E-state index in [1.807, 2.05) is 0 Å². The van der Waals surface area contributed by atoms with Gasteiger partial charge in [0.15, 0.2) is 0 Å². The highest BCUT2D eigenvalue weighted by molar-refractivity contribution is 5.80. The average Bonchev–Trinajstić information content (AvgIpc) is 3.24. The molecule has 3 atom stereocenters. The third-order valence-electron chi connectivity index (χ3n) is 13.2. The molecule has 3 unspecified atom stereocenters. The molecule has 0 radical (unpaired) electrons. The summed E-state index contributed by atoms with van der Waals surface area (Å²) in [6.07, 6.45) is 60.0. The van der Waals surface area contributed by atoms with Gasteiger partial charge in [0.2, 0.25) is 5.91 Å². The Morgan fingerprint density at radius 3 is 0.763 bits per heavy atom. The fraction of sp³-hybridized carbons (Fsp3) is 0.981. The molecule has 0 saturated heterocycles. The van der Waals surface area contributed by atoms with Crippen LogP contribution >= 0.6 is 0 Å². The number of hydrogen-bond acceptors (Lipinski definition) is 4. The fourth-order valence-corrected chi connectivity index (χ4v) is 8.96. The van der Waals surface area contributed by atoms with E-state index in [4.69, 9.17) is 0 Å². The summed E-state index contributed by atoms with van der Waals surface area (Å²) in [6, 6.07) is -0.707. The van der Waals surface area contributed by atoms with Gasteiger partial charge >= 0.3 is 0 Å². The smallest absolute Gasteiger partial charge is 0.249 e. The maximum Gasteiger partial charge on any atom is 0.249 e. The Kier molecular flexibility index (Phi) is 49.4. The summed E-state index contributed by atoms with van der Waals surface area (Å²) in [5.74, 6) is -0.462. The molecule has 0 aliphatic rings. The van der Waals surface area contributed by atoms with Gasteiger partial charge in [-0.1, -0.05) is 303 Å². The second kappa shape index (κ2) is 50.0. The number of aliphatic hydroxyl groups is 3. The number of rotatable bonds is 51. The van der Waals surface area contributed by atoms with Gasteiger partial charge in [-0.15, -0.1) is 0 Å². The molecule has 1 amide bonds. The van der Waals surface area contributed by atoms with Crippen molar-refractivity contribution in [2.75, 3.05) is 6.61 Å². The zero-order valence-electron chi connectivity index (χ0n) is 40.4. The SMILES string of the molecule is CCCCCCCCCCCCCCCCCCCCCCCCCCC(O)C(CO)NC(=O)C(O)CCCCCCCCCCCCCCCCCCCCCCC. The normalized spacial score (nSPS) is 13.2. The Hall–Kier alpha value is -0.650. The van der Waals surface area contributed by atoms with Crippen LogP contribution in [-0.4, -0.2) is 46.1 Å². The zero-order valence-corrected chi connectivity index (χ0v) is 40.4. The van der Waals surface area contributed by atoms with Gasteiger partial charge in [0, 0.05) is 0 Å². The Morgan fingerprint density at radius 1 is 0.339 bits per heavy atom. The molecule has 0 spiro atoms. The van der Waals surface area contributed by atoms with Crippen molar-refractivity contribution >= 4 is 5.91 Å². The minimum Gasteiger partial charge on any atom is -0.394 e. The van der Waals surface area contributed by atoms with Gasteiger partial charge in [0.1, 0.15) is 6.10 Å². The predicted molar refractivity (Wildman–Crippen MR) is 259 cm³/mol. The van der Waals surface area contributed by atoms with Gasteiger partial charge in [-0.2, -0.15) is 0 Å². The first-order valence-electron chi connectivity index (χ1n) is 27.3. The van der Waals surface area contributed by atoms with Crippen LogP contribution in [0.3, 0.4) is 0 Å². The van der Waals surface area contributed by atoms with Crippen LogP contribution < -0.4 is 5.32 Å². The first kappa shape index (κ1) is 58.4. The van der Waals surface area contributed by atoms with Gasteiger partial charge in [0.05, 0.1) is 18.8 Å². The van der Waals surface area contributed by atoms with Gasteiger partial charge in [-0.25, -0.2) is 0 Å². The maximum absolute atomic E-state index is 12.6. The van der Waals surface area contributed by atoms with E-state index in [2.05, 4.69) is 19.2 Å². The van der Waals surface area contributed by atoms with E-state index < -0.39 is 24.2 Å². The van der Waals surface area contributed by atoms with Crippen molar-refractivity contribution in [3.8, 4) is 0 Å². The molecule has 0 aromatic heterocycles. The number of hydrogen-bond donors (Lipinski definition) is 4. The molecule has 0 aliphatic carbocycles. The summed E-state index contributed by atoms with van der Waals surface area (Å²) >= 11 is 0. The highest BCUT2D eigenvalue weighted by Gasteiger charge is 2.23. The molecular weight excluding hydrogens is 727 g/mol. The van der Waals surface area contributed by atoms with E-state index in [0.29, 0.717) is 12.8 Å². The molecule has 5 nitrogen and oxygen atoms in total. The molecule has 0 heterocycles. The summed E-state index contributed by atoms with van der Waals surface area (Å²) in [5, 5.41) is 33.5. The second-order valence-electron chi connectivity index (χ2n) is 19.2. The number of carbonyl (C=O) groups excluding carboxylic acids is 1. The van der Waals surface area contributed by atoms with Crippen LogP contribution in [0.15, 0.2) is 0 Å². The number of amides is 1. The summed E-state index contributed by atoms with van der Waals surface area (Å²) in [5.41, 5.74) is 0. The molecular formula is C54H109NO4. The van der Waals surface area contributed by atoms with Crippen LogP contribution in [0.5, 0.6) is 0 Å². The quantitative estimate of drug-likeness (QED) is 0.0460. The first-order chi connectivity index (χ1) is 29.1. The Morgan fingerprint density at radius 2 is 0.542 bits per heavy atom. The molecule has 5 heteroatoms. The largest absolute Gasteiger partial charge is 0.394 e. The van der Waals surface area contributed by atoms with Crippen molar-refractivity contribution in [2.24, 2.45) is 0 Å². The molecule has 0 saturated carbocycles. The highest BCUT2D eigenvalue weighted by atomic mass is 16.3. The molecule has 0 aliphatic heterocycles. The summed E-state index contributed by atoms with van der Waals surface area (Å²) in [7, 11) is 0. The average molecular weight is 836 g/mol. The lowest BCUT2D eigenvalue weighted by Crippen LogP contribution is -2.49. The van der Waals surface area contributed by atoms with Crippen LogP contribution in [0, 0.1) is 0 Å². The molecule has 0 aromatic rings. The number of unbranched alkanes of at least 4 members (excludes halogenated alkanes) is 43. The standard InChI is InChI=1S/C54H109NO4/c1-3-5-7-9-11-13-15-17-19-21-23-25-26-27-29-30-32-34-36-38-40-42-44-46-48-52(57)51(50-56)55-54(59)53(58)49-47-45-43-41-39-37-35-33-31-28-24-22-20-18-16-14-12-10-8-6-4-2/h51-53,56-58H,3-50H2,1-2H3,(H,55,59). The lowest BCUT2D eigenvalue weighted by Gasteiger charge is -2.23. The summed E-state index contributed by atoms with van der Waals surface area (Å²) in [4.78, 5) is 12.6. The van der Waals surface area contributed by atoms with E-state index in [1.54, 1.807) is 0 Å². The number of carbonyl (C=O) groups is 1. The van der Waals surface area contributed by atoms with Crippen molar-refractivity contribution in [3.63, 3.8) is 0 Å². The minimum atomic E-state index is -1.07. The second-order valence-corrected chi connectivity index (χ2v) is 19.2. The molecule has 4 N–H and O–H groups in total. The molecule has 0 fully saturated rings.